The van der Waals surface area contributed by atoms with E-state index in [1.165, 1.54) is 18.5 Å². The van der Waals surface area contributed by atoms with Crippen LogP contribution in [-0.2, 0) is 0 Å². The molecule has 11 nitrogen and oxygen atoms in total. The van der Waals surface area contributed by atoms with Crippen LogP contribution < -0.4 is 10.1 Å². The Hall–Kier alpha value is -4.67. The summed E-state index contributed by atoms with van der Waals surface area (Å²) in [6.07, 6.45) is 4.55. The van der Waals surface area contributed by atoms with Crippen molar-refractivity contribution >= 4 is 33.7 Å². The van der Waals surface area contributed by atoms with Gasteiger partial charge in [-0.15, -0.1) is 10.2 Å². The first-order valence-corrected chi connectivity index (χ1v) is 9.17. The van der Waals surface area contributed by atoms with Gasteiger partial charge in [0, 0.05) is 29.3 Å². The van der Waals surface area contributed by atoms with E-state index in [9.17, 15) is 10.1 Å². The van der Waals surface area contributed by atoms with Crippen molar-refractivity contribution in [2.45, 2.75) is 6.92 Å². The van der Waals surface area contributed by atoms with Gasteiger partial charge in [-0.05, 0) is 36.8 Å². The second-order valence-electron chi connectivity index (χ2n) is 6.71. The van der Waals surface area contributed by atoms with Crippen LogP contribution >= 0.6 is 0 Å². The summed E-state index contributed by atoms with van der Waals surface area (Å²) in [5.74, 6) is 1.50. The van der Waals surface area contributed by atoms with Gasteiger partial charge in [0.2, 0.25) is 5.88 Å². The number of nitro benzene ring substituents is 1. The molecule has 0 radical (unpaired) electrons. The average molecular weight is 414 g/mol. The molecule has 0 saturated carbocycles. The molecule has 0 spiro atoms. The van der Waals surface area contributed by atoms with E-state index in [-0.39, 0.29) is 5.69 Å². The van der Waals surface area contributed by atoms with E-state index in [2.05, 4.69) is 30.5 Å². The molecule has 5 rings (SSSR count). The Morgan fingerprint density at radius 3 is 2.81 bits per heavy atom. The summed E-state index contributed by atoms with van der Waals surface area (Å²) in [5.41, 5.74) is 2.82. The van der Waals surface area contributed by atoms with Gasteiger partial charge in [0.1, 0.15) is 30.5 Å². The first kappa shape index (κ1) is 18.4. The molecular formula is C20H14N8O3. The Morgan fingerprint density at radius 2 is 1.97 bits per heavy atom. The van der Waals surface area contributed by atoms with Crippen molar-refractivity contribution in [3.8, 4) is 11.6 Å². The summed E-state index contributed by atoms with van der Waals surface area (Å²) in [7, 11) is 0. The highest BCUT2D eigenvalue weighted by molar-refractivity contribution is 5.92. The largest absolute Gasteiger partial charge is 0.439 e. The summed E-state index contributed by atoms with van der Waals surface area (Å²) >= 11 is 0. The molecule has 11 heteroatoms. The molecule has 0 amide bonds. The molecule has 5 aromatic rings. The van der Waals surface area contributed by atoms with Crippen molar-refractivity contribution in [1.82, 2.24) is 29.5 Å². The number of aromatic nitrogens is 6. The van der Waals surface area contributed by atoms with E-state index < -0.39 is 4.92 Å². The third-order valence-electron chi connectivity index (χ3n) is 4.64. The molecule has 0 atom stereocenters. The van der Waals surface area contributed by atoms with E-state index in [4.69, 9.17) is 4.74 Å². The Labute approximate surface area is 174 Å². The molecule has 31 heavy (non-hydrogen) atoms. The normalized spacial score (nSPS) is 11.0. The maximum atomic E-state index is 11.1. The molecule has 0 aliphatic heterocycles. The fourth-order valence-corrected chi connectivity index (χ4v) is 3.12. The number of benzene rings is 2. The summed E-state index contributed by atoms with van der Waals surface area (Å²) < 4.78 is 7.57. The molecular weight excluding hydrogens is 400 g/mol. The van der Waals surface area contributed by atoms with Crippen molar-refractivity contribution in [3.05, 3.63) is 77.1 Å². The fraction of sp³-hybridized carbons (Fsp3) is 0.0500. The topological polar surface area (TPSA) is 133 Å². The number of nitrogens with one attached hydrogen (secondary N) is 1. The lowest BCUT2D eigenvalue weighted by Crippen LogP contribution is -1.98. The minimum absolute atomic E-state index is 0.0255. The van der Waals surface area contributed by atoms with Crippen LogP contribution in [0.3, 0.4) is 0 Å². The predicted molar refractivity (Wildman–Crippen MR) is 112 cm³/mol. The van der Waals surface area contributed by atoms with E-state index in [1.54, 1.807) is 35.3 Å². The first-order valence-electron chi connectivity index (χ1n) is 9.17. The summed E-state index contributed by atoms with van der Waals surface area (Å²) in [6.45, 7) is 1.90. The highest BCUT2D eigenvalue weighted by atomic mass is 16.6. The second-order valence-corrected chi connectivity index (χ2v) is 6.71. The molecule has 0 aliphatic rings. The number of nitrogens with zero attached hydrogens (tertiary/aromatic N) is 7. The number of ether oxygens (including phenoxy) is 1. The molecule has 152 valence electrons. The lowest BCUT2D eigenvalue weighted by Gasteiger charge is -2.12. The Kier molecular flexibility index (Phi) is 4.32. The lowest BCUT2D eigenvalue weighted by atomic mass is 10.2. The highest BCUT2D eigenvalue weighted by Gasteiger charge is 2.12. The zero-order valence-corrected chi connectivity index (χ0v) is 16.1. The molecule has 3 aromatic heterocycles. The predicted octanol–water partition coefficient (Wildman–Crippen LogP) is 3.82. The zero-order valence-electron chi connectivity index (χ0n) is 16.1. The fourth-order valence-electron chi connectivity index (χ4n) is 3.12. The first-order chi connectivity index (χ1) is 15.1. The van der Waals surface area contributed by atoms with Gasteiger partial charge in [-0.1, -0.05) is 0 Å². The van der Waals surface area contributed by atoms with Crippen LogP contribution in [0, 0.1) is 17.0 Å². The molecule has 0 aliphatic carbocycles. The van der Waals surface area contributed by atoms with Crippen molar-refractivity contribution in [2.75, 3.05) is 5.32 Å². The molecule has 0 fully saturated rings. The molecule has 0 saturated heterocycles. The number of anilines is 2. The number of nitro groups is 1. The Balaban J connectivity index is 1.42. The molecule has 1 N–H and O–H groups in total. The molecule has 3 heterocycles. The van der Waals surface area contributed by atoms with Crippen LogP contribution in [0.2, 0.25) is 0 Å². The molecule has 0 unspecified atom stereocenters. The lowest BCUT2D eigenvalue weighted by molar-refractivity contribution is -0.384. The summed E-state index contributed by atoms with van der Waals surface area (Å²) in [5, 5.41) is 22.7. The van der Waals surface area contributed by atoms with Crippen LogP contribution in [0.4, 0.5) is 17.2 Å². The maximum Gasteiger partial charge on any atom is 0.270 e. The standard InChI is InChI=1S/C20H14N8O3/c1-12-6-13(2-5-17(12)31-19-8-18-26-24-11-27(18)10-23-19)25-20-15-7-14(28(29)30)3-4-16(15)21-9-22-20/h2-11H,1H3,(H,21,22,25). The van der Waals surface area contributed by atoms with Gasteiger partial charge in [0.15, 0.2) is 5.65 Å². The molecule has 2 aromatic carbocycles. The van der Waals surface area contributed by atoms with E-state index in [0.717, 1.165) is 11.3 Å². The number of fused-ring (bicyclic) bond motifs is 2. The van der Waals surface area contributed by atoms with Gasteiger partial charge in [-0.25, -0.2) is 15.0 Å². The third kappa shape index (κ3) is 3.55. The zero-order chi connectivity index (χ0) is 21.4. The Bertz CT molecular complexity index is 1450. The van der Waals surface area contributed by atoms with Crippen LogP contribution in [0.25, 0.3) is 16.6 Å². The van der Waals surface area contributed by atoms with Gasteiger partial charge in [-0.3, -0.25) is 14.5 Å². The Morgan fingerprint density at radius 1 is 1.06 bits per heavy atom. The smallest absolute Gasteiger partial charge is 0.270 e. The minimum Gasteiger partial charge on any atom is -0.439 e. The van der Waals surface area contributed by atoms with Gasteiger partial charge in [0.25, 0.3) is 5.69 Å². The van der Waals surface area contributed by atoms with Crippen LogP contribution in [0.5, 0.6) is 11.6 Å². The van der Waals surface area contributed by atoms with Crippen molar-refractivity contribution < 1.29 is 9.66 Å². The van der Waals surface area contributed by atoms with Crippen molar-refractivity contribution in [1.29, 1.82) is 0 Å². The molecule has 0 bridgehead atoms. The SMILES string of the molecule is Cc1cc(Nc2ncnc3ccc([N+](=O)[O-])cc23)ccc1Oc1cc2nncn2cn1. The summed E-state index contributed by atoms with van der Waals surface area (Å²) in [4.78, 5) is 23.3. The number of rotatable bonds is 5. The van der Waals surface area contributed by atoms with Crippen molar-refractivity contribution in [2.24, 2.45) is 0 Å². The number of non-ortho nitro benzene ring substituents is 1. The van der Waals surface area contributed by atoms with E-state index >= 15 is 0 Å². The third-order valence-corrected chi connectivity index (χ3v) is 4.64. The minimum atomic E-state index is -0.447. The van der Waals surface area contributed by atoms with E-state index in [1.807, 2.05) is 19.1 Å². The highest BCUT2D eigenvalue weighted by Crippen LogP contribution is 2.30. The number of aryl methyl sites for hydroxylation is 1. The van der Waals surface area contributed by atoms with Crippen molar-refractivity contribution in [3.63, 3.8) is 0 Å². The van der Waals surface area contributed by atoms with Crippen LogP contribution in [0.1, 0.15) is 5.56 Å². The summed E-state index contributed by atoms with van der Waals surface area (Å²) in [6, 6.07) is 11.7. The quantitative estimate of drug-likeness (QED) is 0.336. The number of hydrogen-bond acceptors (Lipinski definition) is 9. The maximum absolute atomic E-state index is 11.1. The second kappa shape index (κ2) is 7.30. The average Bonchev–Trinajstić information content (AvgIpc) is 3.23. The van der Waals surface area contributed by atoms with Crippen LogP contribution in [0.15, 0.2) is 61.4 Å². The van der Waals surface area contributed by atoms with Gasteiger partial charge >= 0.3 is 0 Å². The monoisotopic (exact) mass is 414 g/mol. The van der Waals surface area contributed by atoms with Gasteiger partial charge in [-0.2, -0.15) is 0 Å². The number of hydrogen-bond donors (Lipinski definition) is 1. The van der Waals surface area contributed by atoms with Gasteiger partial charge < -0.3 is 10.1 Å². The van der Waals surface area contributed by atoms with Crippen LogP contribution in [-0.4, -0.2) is 34.5 Å². The van der Waals surface area contributed by atoms with E-state index in [0.29, 0.717) is 34.0 Å². The van der Waals surface area contributed by atoms with Gasteiger partial charge in [0.05, 0.1) is 10.4 Å².